The van der Waals surface area contributed by atoms with Crippen molar-refractivity contribution < 1.29 is 5.11 Å². The molecule has 0 bridgehead atoms. The van der Waals surface area contributed by atoms with E-state index in [1.165, 1.54) is 0 Å². The maximum atomic E-state index is 9.08. The van der Waals surface area contributed by atoms with Gasteiger partial charge in [-0.3, -0.25) is 4.98 Å². The molecule has 0 atom stereocenters. The zero-order valence-corrected chi connectivity index (χ0v) is 11.3. The molecule has 20 heavy (non-hydrogen) atoms. The maximum Gasteiger partial charge on any atom is 0.160 e. The average molecular weight is 268 g/mol. The van der Waals surface area contributed by atoms with Crippen molar-refractivity contribution in [3.8, 4) is 11.4 Å². The van der Waals surface area contributed by atoms with E-state index in [9.17, 15) is 0 Å². The minimum Gasteiger partial charge on any atom is -0.396 e. The van der Waals surface area contributed by atoms with E-state index in [0.29, 0.717) is 13.0 Å². The van der Waals surface area contributed by atoms with E-state index in [1.54, 1.807) is 12.4 Å². The fraction of sp³-hybridized carbons (Fsp3) is 0.267. The van der Waals surface area contributed by atoms with E-state index in [1.807, 2.05) is 31.3 Å². The summed E-state index contributed by atoms with van der Waals surface area (Å²) in [7, 11) is 0. The summed E-state index contributed by atoms with van der Waals surface area (Å²) in [5.41, 5.74) is 3.84. The molecule has 0 fully saturated rings. The Morgan fingerprint density at radius 3 is 2.80 bits per heavy atom. The third-order valence-corrected chi connectivity index (χ3v) is 3.20. The summed E-state index contributed by atoms with van der Waals surface area (Å²) >= 11 is 0. The summed E-state index contributed by atoms with van der Waals surface area (Å²) in [6.45, 7) is 2.85. The van der Waals surface area contributed by atoms with E-state index in [2.05, 4.69) is 19.5 Å². The second kappa shape index (κ2) is 5.38. The Labute approximate surface area is 117 Å². The largest absolute Gasteiger partial charge is 0.396 e. The van der Waals surface area contributed by atoms with Crippen molar-refractivity contribution in [2.75, 3.05) is 6.61 Å². The predicted octanol–water partition coefficient (Wildman–Crippen LogP) is 2.18. The molecule has 0 amide bonds. The molecule has 102 valence electrons. The summed E-state index contributed by atoms with van der Waals surface area (Å²) < 4.78 is 2.06. The van der Waals surface area contributed by atoms with Crippen LogP contribution < -0.4 is 0 Å². The third kappa shape index (κ3) is 2.28. The highest BCUT2D eigenvalue weighted by Crippen LogP contribution is 2.24. The van der Waals surface area contributed by atoms with Gasteiger partial charge >= 0.3 is 0 Å². The zero-order valence-electron chi connectivity index (χ0n) is 11.3. The van der Waals surface area contributed by atoms with E-state index < -0.39 is 0 Å². The number of hydrogen-bond donors (Lipinski definition) is 1. The average Bonchev–Trinajstić information content (AvgIpc) is 2.83. The van der Waals surface area contributed by atoms with Crippen molar-refractivity contribution in [2.24, 2.45) is 0 Å². The molecule has 0 saturated heterocycles. The van der Waals surface area contributed by atoms with Crippen LogP contribution in [0.5, 0.6) is 0 Å². The molecule has 0 aliphatic carbocycles. The van der Waals surface area contributed by atoms with E-state index in [4.69, 9.17) is 5.11 Å². The van der Waals surface area contributed by atoms with Crippen LogP contribution in [-0.4, -0.2) is 31.2 Å². The Bertz CT molecular complexity index is 721. The molecule has 0 radical (unpaired) electrons. The minimum absolute atomic E-state index is 0.154. The SMILES string of the molecule is Cc1cnc2c(c1)nc(-c1ccncc1)n2CCCO. The maximum absolute atomic E-state index is 9.08. The van der Waals surface area contributed by atoms with Crippen molar-refractivity contribution in [2.45, 2.75) is 19.9 Å². The standard InChI is InChI=1S/C15H16N4O/c1-11-9-13-15(17-10-11)19(7-2-8-20)14(18-13)12-3-5-16-6-4-12/h3-6,9-10,20H,2,7-8H2,1H3. The Balaban J connectivity index is 2.19. The molecule has 3 heterocycles. The van der Waals surface area contributed by atoms with E-state index in [-0.39, 0.29) is 6.61 Å². The number of imidazole rings is 1. The lowest BCUT2D eigenvalue weighted by atomic mass is 10.2. The molecule has 1 N–H and O–H groups in total. The Morgan fingerprint density at radius 1 is 1.25 bits per heavy atom. The van der Waals surface area contributed by atoms with E-state index >= 15 is 0 Å². The molecule has 0 aromatic carbocycles. The van der Waals surface area contributed by atoms with Crippen molar-refractivity contribution >= 4 is 11.2 Å². The van der Waals surface area contributed by atoms with Gasteiger partial charge < -0.3 is 9.67 Å². The van der Waals surface area contributed by atoms with Crippen LogP contribution in [0.3, 0.4) is 0 Å². The van der Waals surface area contributed by atoms with Gasteiger partial charge in [-0.15, -0.1) is 0 Å². The van der Waals surface area contributed by atoms with Gasteiger partial charge in [0, 0.05) is 37.3 Å². The summed E-state index contributed by atoms with van der Waals surface area (Å²) in [4.78, 5) is 13.2. The molecule has 0 spiro atoms. The number of aromatic nitrogens is 4. The Kier molecular flexibility index (Phi) is 3.43. The summed E-state index contributed by atoms with van der Waals surface area (Å²) in [5.74, 6) is 0.869. The lowest BCUT2D eigenvalue weighted by molar-refractivity contribution is 0.280. The first-order chi connectivity index (χ1) is 9.79. The topological polar surface area (TPSA) is 63.8 Å². The molecule has 5 nitrogen and oxygen atoms in total. The second-order valence-electron chi connectivity index (χ2n) is 4.76. The van der Waals surface area contributed by atoms with Gasteiger partial charge in [0.2, 0.25) is 0 Å². The number of aliphatic hydroxyl groups is 1. The molecule has 5 heteroatoms. The van der Waals surface area contributed by atoms with Crippen LogP contribution in [0.2, 0.25) is 0 Å². The Morgan fingerprint density at radius 2 is 2.05 bits per heavy atom. The van der Waals surface area contributed by atoms with Gasteiger partial charge in [-0.2, -0.15) is 0 Å². The molecular formula is C15H16N4O. The number of aliphatic hydroxyl groups excluding tert-OH is 1. The fourth-order valence-corrected chi connectivity index (χ4v) is 2.27. The molecule has 0 aliphatic heterocycles. The zero-order chi connectivity index (χ0) is 13.9. The first-order valence-electron chi connectivity index (χ1n) is 6.64. The van der Waals surface area contributed by atoms with Gasteiger partial charge in [0.05, 0.1) is 0 Å². The number of nitrogens with zero attached hydrogens (tertiary/aromatic N) is 4. The van der Waals surface area contributed by atoms with Crippen molar-refractivity contribution in [3.05, 3.63) is 42.4 Å². The van der Waals surface area contributed by atoms with Gasteiger partial charge in [-0.05, 0) is 37.1 Å². The molecule has 3 rings (SSSR count). The van der Waals surface area contributed by atoms with E-state index in [0.717, 1.165) is 28.1 Å². The Hall–Kier alpha value is -2.27. The highest BCUT2D eigenvalue weighted by atomic mass is 16.3. The highest BCUT2D eigenvalue weighted by Gasteiger charge is 2.13. The fourth-order valence-electron chi connectivity index (χ4n) is 2.27. The predicted molar refractivity (Wildman–Crippen MR) is 77.2 cm³/mol. The van der Waals surface area contributed by atoms with Crippen LogP contribution in [0.4, 0.5) is 0 Å². The van der Waals surface area contributed by atoms with Crippen LogP contribution in [-0.2, 0) is 6.54 Å². The number of aryl methyl sites for hydroxylation is 2. The molecule has 3 aromatic heterocycles. The third-order valence-electron chi connectivity index (χ3n) is 3.20. The normalized spacial score (nSPS) is 11.1. The lowest BCUT2D eigenvalue weighted by Crippen LogP contribution is -2.03. The monoisotopic (exact) mass is 268 g/mol. The van der Waals surface area contributed by atoms with Crippen LogP contribution in [0.25, 0.3) is 22.6 Å². The van der Waals surface area contributed by atoms with Crippen LogP contribution >= 0.6 is 0 Å². The van der Waals surface area contributed by atoms with Crippen LogP contribution in [0.15, 0.2) is 36.8 Å². The molecule has 0 unspecified atom stereocenters. The number of rotatable bonds is 4. The second-order valence-corrected chi connectivity index (χ2v) is 4.76. The van der Waals surface area contributed by atoms with Gasteiger partial charge in [0.25, 0.3) is 0 Å². The van der Waals surface area contributed by atoms with Crippen LogP contribution in [0.1, 0.15) is 12.0 Å². The first-order valence-corrected chi connectivity index (χ1v) is 6.64. The smallest absolute Gasteiger partial charge is 0.160 e. The minimum atomic E-state index is 0.154. The first kappa shape index (κ1) is 12.7. The summed E-state index contributed by atoms with van der Waals surface area (Å²) in [5, 5.41) is 9.08. The number of pyridine rings is 2. The summed E-state index contributed by atoms with van der Waals surface area (Å²) in [6.07, 6.45) is 6.03. The summed E-state index contributed by atoms with van der Waals surface area (Å²) in [6, 6.07) is 5.90. The van der Waals surface area contributed by atoms with Crippen molar-refractivity contribution in [1.29, 1.82) is 0 Å². The van der Waals surface area contributed by atoms with Crippen molar-refractivity contribution in [1.82, 2.24) is 19.5 Å². The van der Waals surface area contributed by atoms with Gasteiger partial charge in [0.1, 0.15) is 11.3 Å². The molecular weight excluding hydrogens is 252 g/mol. The van der Waals surface area contributed by atoms with Crippen LogP contribution in [0, 0.1) is 6.92 Å². The quantitative estimate of drug-likeness (QED) is 0.787. The van der Waals surface area contributed by atoms with Gasteiger partial charge in [0.15, 0.2) is 5.65 Å². The molecule has 3 aromatic rings. The van der Waals surface area contributed by atoms with Gasteiger partial charge in [-0.1, -0.05) is 0 Å². The highest BCUT2D eigenvalue weighted by molar-refractivity contribution is 5.77. The number of fused-ring (bicyclic) bond motifs is 1. The van der Waals surface area contributed by atoms with Gasteiger partial charge in [-0.25, -0.2) is 9.97 Å². The molecule has 0 saturated carbocycles. The molecule has 0 aliphatic rings. The number of hydrogen-bond acceptors (Lipinski definition) is 4. The lowest BCUT2D eigenvalue weighted by Gasteiger charge is -2.07. The van der Waals surface area contributed by atoms with Crippen molar-refractivity contribution in [3.63, 3.8) is 0 Å².